The van der Waals surface area contributed by atoms with Crippen molar-refractivity contribution in [2.75, 3.05) is 5.32 Å². The topological polar surface area (TPSA) is 93.1 Å². The lowest BCUT2D eigenvalue weighted by atomic mass is 9.97. The van der Waals surface area contributed by atoms with Gasteiger partial charge in [0.05, 0.1) is 17.4 Å². The average Bonchev–Trinajstić information content (AvgIpc) is 3.05. The van der Waals surface area contributed by atoms with Gasteiger partial charge in [-0.25, -0.2) is 14.2 Å². The molecule has 3 aromatic rings. The van der Waals surface area contributed by atoms with E-state index in [4.69, 9.17) is 0 Å². The molecule has 0 bridgehead atoms. The first-order valence-corrected chi connectivity index (χ1v) is 9.69. The highest BCUT2D eigenvalue weighted by molar-refractivity contribution is 7.18. The van der Waals surface area contributed by atoms with Crippen LogP contribution in [-0.2, 0) is 24.2 Å². The SMILES string of the molecule is O=C(Cn1cnc2sc3c(c2c1=O)CCCC3)NC(=O)Nc1ccccc1F. The molecule has 0 aliphatic heterocycles. The van der Waals surface area contributed by atoms with Crippen molar-refractivity contribution in [2.45, 2.75) is 32.2 Å². The first-order chi connectivity index (χ1) is 13.5. The Labute approximate surface area is 163 Å². The number of carbonyl (C=O) groups excluding carboxylic acids is 2. The quantitative estimate of drug-likeness (QED) is 0.707. The molecular formula is C19H17FN4O3S. The van der Waals surface area contributed by atoms with Crippen molar-refractivity contribution in [2.24, 2.45) is 0 Å². The largest absolute Gasteiger partial charge is 0.326 e. The molecule has 144 valence electrons. The number of thiophene rings is 1. The Balaban J connectivity index is 1.49. The number of carbonyl (C=O) groups is 2. The number of rotatable bonds is 3. The minimum absolute atomic E-state index is 0.0436. The molecule has 1 aliphatic carbocycles. The van der Waals surface area contributed by atoms with Gasteiger partial charge in [-0.15, -0.1) is 11.3 Å². The number of urea groups is 1. The van der Waals surface area contributed by atoms with Crippen LogP contribution in [0.25, 0.3) is 10.2 Å². The molecule has 2 N–H and O–H groups in total. The summed E-state index contributed by atoms with van der Waals surface area (Å²) in [5.41, 5.74) is 0.711. The maximum absolute atomic E-state index is 13.6. The molecule has 0 unspecified atom stereocenters. The van der Waals surface area contributed by atoms with Crippen LogP contribution in [0.1, 0.15) is 23.3 Å². The molecule has 0 fully saturated rings. The zero-order valence-electron chi connectivity index (χ0n) is 14.8. The number of hydrogen-bond donors (Lipinski definition) is 2. The van der Waals surface area contributed by atoms with E-state index in [1.165, 1.54) is 45.3 Å². The van der Waals surface area contributed by atoms with Gasteiger partial charge in [-0.2, -0.15) is 0 Å². The van der Waals surface area contributed by atoms with Crippen LogP contribution in [0.2, 0.25) is 0 Å². The number of para-hydroxylation sites is 1. The van der Waals surface area contributed by atoms with Crippen molar-refractivity contribution in [3.05, 3.63) is 57.2 Å². The van der Waals surface area contributed by atoms with E-state index in [0.717, 1.165) is 31.2 Å². The number of imide groups is 1. The Kier molecular flexibility index (Phi) is 4.91. The molecular weight excluding hydrogens is 383 g/mol. The molecule has 0 atom stereocenters. The monoisotopic (exact) mass is 400 g/mol. The first-order valence-electron chi connectivity index (χ1n) is 8.88. The molecule has 2 heterocycles. The number of nitrogens with zero attached hydrogens (tertiary/aromatic N) is 2. The van der Waals surface area contributed by atoms with E-state index < -0.39 is 17.8 Å². The van der Waals surface area contributed by atoms with Gasteiger partial charge in [0, 0.05) is 4.88 Å². The highest BCUT2D eigenvalue weighted by Gasteiger charge is 2.20. The number of aromatic nitrogens is 2. The Bertz CT molecular complexity index is 1140. The molecule has 0 saturated carbocycles. The lowest BCUT2D eigenvalue weighted by molar-refractivity contribution is -0.120. The minimum atomic E-state index is -0.870. The summed E-state index contributed by atoms with van der Waals surface area (Å²) in [6, 6.07) is 4.75. The molecule has 28 heavy (non-hydrogen) atoms. The normalized spacial score (nSPS) is 13.2. The van der Waals surface area contributed by atoms with E-state index in [9.17, 15) is 18.8 Å². The van der Waals surface area contributed by atoms with Crippen LogP contribution < -0.4 is 16.2 Å². The minimum Gasteiger partial charge on any atom is -0.305 e. The lowest BCUT2D eigenvalue weighted by Crippen LogP contribution is -2.38. The summed E-state index contributed by atoms with van der Waals surface area (Å²) in [5.74, 6) is -1.31. The average molecular weight is 400 g/mol. The van der Waals surface area contributed by atoms with Gasteiger partial charge in [0.25, 0.3) is 5.56 Å². The number of amides is 3. The Morgan fingerprint density at radius 2 is 2.00 bits per heavy atom. The van der Waals surface area contributed by atoms with Crippen molar-refractivity contribution in [3.8, 4) is 0 Å². The third kappa shape index (κ3) is 3.53. The number of aryl methyl sites for hydroxylation is 2. The second kappa shape index (κ2) is 7.51. The Morgan fingerprint density at radius 1 is 1.21 bits per heavy atom. The summed E-state index contributed by atoms with van der Waals surface area (Å²) < 4.78 is 14.8. The maximum Gasteiger partial charge on any atom is 0.326 e. The molecule has 2 aromatic heterocycles. The molecule has 1 aliphatic rings. The maximum atomic E-state index is 13.6. The summed E-state index contributed by atoms with van der Waals surface area (Å²) in [5, 5.41) is 4.93. The number of hydrogen-bond acceptors (Lipinski definition) is 5. The predicted octanol–water partition coefficient (Wildman–Crippen LogP) is 2.82. The standard InChI is InChI=1S/C19H17FN4O3S/c20-12-6-2-3-7-13(12)22-19(27)23-15(25)9-24-10-21-17-16(18(24)26)11-5-1-4-8-14(11)28-17/h2-3,6-7,10H,1,4-5,8-9H2,(H2,22,23,25,27). The molecule has 7 nitrogen and oxygen atoms in total. The predicted molar refractivity (Wildman–Crippen MR) is 104 cm³/mol. The van der Waals surface area contributed by atoms with E-state index in [-0.39, 0.29) is 17.8 Å². The molecule has 1 aromatic carbocycles. The fourth-order valence-electron chi connectivity index (χ4n) is 3.33. The Hall–Kier alpha value is -3.07. The van der Waals surface area contributed by atoms with Crippen LogP contribution in [-0.4, -0.2) is 21.5 Å². The van der Waals surface area contributed by atoms with Crippen molar-refractivity contribution < 1.29 is 14.0 Å². The fraction of sp³-hybridized carbons (Fsp3) is 0.263. The van der Waals surface area contributed by atoms with E-state index >= 15 is 0 Å². The van der Waals surface area contributed by atoms with Gasteiger partial charge in [0.2, 0.25) is 5.91 Å². The molecule has 0 saturated heterocycles. The zero-order valence-corrected chi connectivity index (χ0v) is 15.6. The molecule has 3 amide bonds. The van der Waals surface area contributed by atoms with Crippen LogP contribution in [0.15, 0.2) is 35.4 Å². The van der Waals surface area contributed by atoms with E-state index in [2.05, 4.69) is 15.6 Å². The van der Waals surface area contributed by atoms with Gasteiger partial charge < -0.3 is 5.32 Å². The van der Waals surface area contributed by atoms with Crippen molar-refractivity contribution in [1.82, 2.24) is 14.9 Å². The number of halogens is 1. The van der Waals surface area contributed by atoms with Crippen LogP contribution in [0.5, 0.6) is 0 Å². The van der Waals surface area contributed by atoms with Crippen LogP contribution in [0.4, 0.5) is 14.9 Å². The summed E-state index contributed by atoms with van der Waals surface area (Å²) in [7, 11) is 0. The second-order valence-electron chi connectivity index (χ2n) is 6.55. The van der Waals surface area contributed by atoms with Crippen molar-refractivity contribution in [3.63, 3.8) is 0 Å². The van der Waals surface area contributed by atoms with Gasteiger partial charge in [-0.1, -0.05) is 12.1 Å². The summed E-state index contributed by atoms with van der Waals surface area (Å²) in [6.07, 6.45) is 5.25. The number of anilines is 1. The molecule has 9 heteroatoms. The van der Waals surface area contributed by atoms with E-state index in [1.54, 1.807) is 6.07 Å². The highest BCUT2D eigenvalue weighted by atomic mass is 32.1. The van der Waals surface area contributed by atoms with E-state index in [0.29, 0.717) is 10.2 Å². The molecule has 0 spiro atoms. The fourth-order valence-corrected chi connectivity index (χ4v) is 4.55. The second-order valence-corrected chi connectivity index (χ2v) is 7.63. The molecule has 0 radical (unpaired) electrons. The van der Waals surface area contributed by atoms with Gasteiger partial charge in [-0.05, 0) is 43.4 Å². The van der Waals surface area contributed by atoms with Crippen molar-refractivity contribution >= 4 is 39.2 Å². The van der Waals surface area contributed by atoms with Gasteiger partial charge in [0.15, 0.2) is 0 Å². The zero-order chi connectivity index (χ0) is 19.7. The number of fused-ring (bicyclic) bond motifs is 3. The number of nitrogens with one attached hydrogen (secondary N) is 2. The Morgan fingerprint density at radius 3 is 2.82 bits per heavy atom. The third-order valence-corrected chi connectivity index (χ3v) is 5.83. The number of benzene rings is 1. The summed E-state index contributed by atoms with van der Waals surface area (Å²) in [4.78, 5) is 43.1. The summed E-state index contributed by atoms with van der Waals surface area (Å²) in [6.45, 7) is -0.350. The van der Waals surface area contributed by atoms with Crippen LogP contribution in [0, 0.1) is 5.82 Å². The third-order valence-electron chi connectivity index (χ3n) is 4.63. The lowest BCUT2D eigenvalue weighted by Gasteiger charge is -2.11. The van der Waals surface area contributed by atoms with Gasteiger partial charge >= 0.3 is 6.03 Å². The van der Waals surface area contributed by atoms with Gasteiger partial charge in [0.1, 0.15) is 17.2 Å². The highest BCUT2D eigenvalue weighted by Crippen LogP contribution is 2.33. The van der Waals surface area contributed by atoms with Crippen LogP contribution >= 0.6 is 11.3 Å². The smallest absolute Gasteiger partial charge is 0.305 e. The summed E-state index contributed by atoms with van der Waals surface area (Å²) >= 11 is 1.53. The first kappa shape index (κ1) is 18.3. The van der Waals surface area contributed by atoms with Crippen LogP contribution in [0.3, 0.4) is 0 Å². The van der Waals surface area contributed by atoms with Crippen molar-refractivity contribution in [1.29, 1.82) is 0 Å². The van der Waals surface area contributed by atoms with E-state index in [1.807, 2.05) is 0 Å². The molecule has 4 rings (SSSR count). The van der Waals surface area contributed by atoms with Gasteiger partial charge in [-0.3, -0.25) is 19.5 Å².